The number of amides is 1. The van der Waals surface area contributed by atoms with E-state index in [0.717, 1.165) is 12.1 Å². The topological polar surface area (TPSA) is 41.1 Å². The molecule has 0 spiro atoms. The van der Waals surface area contributed by atoms with Crippen LogP contribution in [0.2, 0.25) is 5.02 Å². The lowest BCUT2D eigenvalue weighted by molar-refractivity contribution is -0.137. The van der Waals surface area contributed by atoms with Gasteiger partial charge in [0.05, 0.1) is 11.3 Å². The summed E-state index contributed by atoms with van der Waals surface area (Å²) in [6.45, 7) is 4.61. The average Bonchev–Trinajstić information content (AvgIpc) is 2.36. The lowest BCUT2D eigenvalue weighted by Gasteiger charge is -2.17. The van der Waals surface area contributed by atoms with Gasteiger partial charge in [0, 0.05) is 17.5 Å². The fourth-order valence-electron chi connectivity index (χ4n) is 1.57. The number of alkyl halides is 3. The molecule has 1 aromatic carbocycles. The van der Waals surface area contributed by atoms with Crippen LogP contribution in [-0.4, -0.2) is 19.0 Å². The van der Waals surface area contributed by atoms with E-state index in [4.69, 9.17) is 11.6 Å². The molecule has 0 aliphatic rings. The minimum atomic E-state index is -4.57. The molecular weight excluding hydrogens is 293 g/mol. The van der Waals surface area contributed by atoms with Crippen molar-refractivity contribution in [1.29, 1.82) is 0 Å². The van der Waals surface area contributed by atoms with Gasteiger partial charge < -0.3 is 10.6 Å². The summed E-state index contributed by atoms with van der Waals surface area (Å²) in [5, 5.41) is 5.23. The summed E-state index contributed by atoms with van der Waals surface area (Å²) in [5.41, 5.74) is -1.23. The molecule has 112 valence electrons. The monoisotopic (exact) mass is 308 g/mol. The first-order chi connectivity index (χ1) is 9.25. The SMILES string of the molecule is CCNCC(C)C(=O)Nc1ccc(Cl)cc1C(F)(F)F. The molecule has 0 bridgehead atoms. The van der Waals surface area contributed by atoms with Crippen LogP contribution in [0.15, 0.2) is 18.2 Å². The summed E-state index contributed by atoms with van der Waals surface area (Å²) < 4.78 is 38.6. The Bertz CT molecular complexity index is 477. The van der Waals surface area contributed by atoms with E-state index in [1.807, 2.05) is 6.92 Å². The molecule has 1 aromatic rings. The Morgan fingerprint density at radius 2 is 2.05 bits per heavy atom. The zero-order valence-corrected chi connectivity index (χ0v) is 11.9. The van der Waals surface area contributed by atoms with E-state index in [2.05, 4.69) is 10.6 Å². The highest BCUT2D eigenvalue weighted by molar-refractivity contribution is 6.30. The lowest BCUT2D eigenvalue weighted by Crippen LogP contribution is -2.31. The van der Waals surface area contributed by atoms with Crippen LogP contribution >= 0.6 is 11.6 Å². The van der Waals surface area contributed by atoms with Crippen molar-refractivity contribution in [2.45, 2.75) is 20.0 Å². The van der Waals surface area contributed by atoms with Gasteiger partial charge in [-0.1, -0.05) is 25.4 Å². The predicted molar refractivity (Wildman–Crippen MR) is 72.8 cm³/mol. The van der Waals surface area contributed by atoms with Crippen molar-refractivity contribution in [1.82, 2.24) is 5.32 Å². The molecule has 0 saturated carbocycles. The summed E-state index contributed by atoms with van der Waals surface area (Å²) in [6, 6.07) is 3.26. The number of carbonyl (C=O) groups is 1. The van der Waals surface area contributed by atoms with E-state index < -0.39 is 23.6 Å². The number of rotatable bonds is 5. The third-order valence-corrected chi connectivity index (χ3v) is 2.93. The highest BCUT2D eigenvalue weighted by Gasteiger charge is 2.34. The van der Waals surface area contributed by atoms with Crippen molar-refractivity contribution in [2.24, 2.45) is 5.92 Å². The van der Waals surface area contributed by atoms with Gasteiger partial charge in [-0.2, -0.15) is 13.2 Å². The van der Waals surface area contributed by atoms with Crippen molar-refractivity contribution in [3.05, 3.63) is 28.8 Å². The molecule has 20 heavy (non-hydrogen) atoms. The zero-order valence-electron chi connectivity index (χ0n) is 11.1. The molecule has 1 atom stereocenters. The Hall–Kier alpha value is -1.27. The molecule has 0 aliphatic carbocycles. The van der Waals surface area contributed by atoms with E-state index in [0.29, 0.717) is 13.1 Å². The number of benzene rings is 1. The first kappa shape index (κ1) is 16.8. The van der Waals surface area contributed by atoms with Crippen LogP contribution in [0.25, 0.3) is 0 Å². The number of halogens is 4. The van der Waals surface area contributed by atoms with Gasteiger partial charge in [0.1, 0.15) is 0 Å². The predicted octanol–water partition coefficient (Wildman–Crippen LogP) is 3.54. The van der Waals surface area contributed by atoms with Gasteiger partial charge in [-0.3, -0.25) is 4.79 Å². The zero-order chi connectivity index (χ0) is 15.3. The van der Waals surface area contributed by atoms with Gasteiger partial charge in [0.2, 0.25) is 5.91 Å². The maximum absolute atomic E-state index is 12.9. The van der Waals surface area contributed by atoms with Crippen molar-refractivity contribution in [2.75, 3.05) is 18.4 Å². The van der Waals surface area contributed by atoms with Gasteiger partial charge >= 0.3 is 6.18 Å². The minimum Gasteiger partial charge on any atom is -0.325 e. The molecule has 0 saturated heterocycles. The van der Waals surface area contributed by atoms with Gasteiger partial charge in [-0.15, -0.1) is 0 Å². The number of hydrogen-bond donors (Lipinski definition) is 2. The van der Waals surface area contributed by atoms with E-state index in [1.165, 1.54) is 6.07 Å². The second-order valence-corrected chi connectivity index (χ2v) is 4.82. The summed E-state index contributed by atoms with van der Waals surface area (Å²) in [5.74, 6) is -0.912. The van der Waals surface area contributed by atoms with E-state index >= 15 is 0 Å². The molecule has 2 N–H and O–H groups in total. The van der Waals surface area contributed by atoms with Crippen molar-refractivity contribution in [3.8, 4) is 0 Å². The Morgan fingerprint density at radius 3 is 2.60 bits per heavy atom. The molecule has 1 rings (SSSR count). The molecule has 0 heterocycles. The number of nitrogens with one attached hydrogen (secondary N) is 2. The lowest BCUT2D eigenvalue weighted by atomic mass is 10.1. The molecule has 7 heteroatoms. The molecule has 0 radical (unpaired) electrons. The summed E-state index contributed by atoms with van der Waals surface area (Å²) in [6.07, 6.45) is -4.57. The van der Waals surface area contributed by atoms with Crippen LogP contribution in [0.3, 0.4) is 0 Å². The third-order valence-electron chi connectivity index (χ3n) is 2.69. The largest absolute Gasteiger partial charge is 0.418 e. The van der Waals surface area contributed by atoms with E-state index in [9.17, 15) is 18.0 Å². The Labute approximate surface area is 120 Å². The first-order valence-corrected chi connectivity index (χ1v) is 6.51. The van der Waals surface area contributed by atoms with Crippen LogP contribution in [0.4, 0.5) is 18.9 Å². The van der Waals surface area contributed by atoms with Gasteiger partial charge in [-0.05, 0) is 24.7 Å². The van der Waals surface area contributed by atoms with Crippen molar-refractivity contribution in [3.63, 3.8) is 0 Å². The average molecular weight is 309 g/mol. The summed E-state index contributed by atoms with van der Waals surface area (Å²) in [7, 11) is 0. The van der Waals surface area contributed by atoms with E-state index in [1.54, 1.807) is 6.92 Å². The van der Waals surface area contributed by atoms with Crippen LogP contribution in [0.5, 0.6) is 0 Å². The smallest absolute Gasteiger partial charge is 0.325 e. The number of carbonyl (C=O) groups excluding carboxylic acids is 1. The highest BCUT2D eigenvalue weighted by atomic mass is 35.5. The summed E-state index contributed by atoms with van der Waals surface area (Å²) >= 11 is 5.57. The van der Waals surface area contributed by atoms with Gasteiger partial charge in [0.15, 0.2) is 0 Å². The van der Waals surface area contributed by atoms with Crippen LogP contribution in [-0.2, 0) is 11.0 Å². The number of hydrogen-bond acceptors (Lipinski definition) is 2. The maximum Gasteiger partial charge on any atom is 0.418 e. The standard InChI is InChI=1S/C13H16ClF3N2O/c1-3-18-7-8(2)12(20)19-11-5-4-9(14)6-10(11)13(15,16)17/h4-6,8,18H,3,7H2,1-2H3,(H,19,20). The highest BCUT2D eigenvalue weighted by Crippen LogP contribution is 2.36. The first-order valence-electron chi connectivity index (χ1n) is 6.14. The quantitative estimate of drug-likeness (QED) is 0.873. The normalized spacial score (nSPS) is 13.1. The van der Waals surface area contributed by atoms with Gasteiger partial charge in [-0.25, -0.2) is 0 Å². The molecule has 0 aromatic heterocycles. The van der Waals surface area contributed by atoms with E-state index in [-0.39, 0.29) is 10.7 Å². The van der Waals surface area contributed by atoms with Crippen LogP contribution < -0.4 is 10.6 Å². The third kappa shape index (κ3) is 4.68. The molecular formula is C13H16ClF3N2O. The van der Waals surface area contributed by atoms with Crippen LogP contribution in [0, 0.1) is 5.92 Å². The van der Waals surface area contributed by atoms with Crippen molar-refractivity contribution < 1.29 is 18.0 Å². The fourth-order valence-corrected chi connectivity index (χ4v) is 1.74. The maximum atomic E-state index is 12.9. The molecule has 1 amide bonds. The Morgan fingerprint density at radius 1 is 1.40 bits per heavy atom. The molecule has 0 fully saturated rings. The minimum absolute atomic E-state index is 0.0315. The van der Waals surface area contributed by atoms with Crippen molar-refractivity contribution >= 4 is 23.2 Å². The second kappa shape index (κ2) is 6.95. The second-order valence-electron chi connectivity index (χ2n) is 4.39. The fraction of sp³-hybridized carbons (Fsp3) is 0.462. The summed E-state index contributed by atoms with van der Waals surface area (Å²) in [4.78, 5) is 11.8. The molecule has 3 nitrogen and oxygen atoms in total. The number of anilines is 1. The molecule has 1 unspecified atom stereocenters. The van der Waals surface area contributed by atoms with Gasteiger partial charge in [0.25, 0.3) is 0 Å². The van der Waals surface area contributed by atoms with Crippen LogP contribution in [0.1, 0.15) is 19.4 Å². The Kier molecular flexibility index (Phi) is 5.83. The Balaban J connectivity index is 2.90. The molecule has 0 aliphatic heterocycles.